The molecule has 0 spiro atoms. The normalized spacial score (nSPS) is 16.5. The Balaban J connectivity index is 0.00000507. The van der Waals surface area contributed by atoms with Crippen LogP contribution in [0.3, 0.4) is 0 Å². The van der Waals surface area contributed by atoms with Crippen LogP contribution in [0, 0.1) is 11.8 Å². The van der Waals surface area contributed by atoms with Crippen molar-refractivity contribution >= 4 is 23.9 Å². The molecule has 1 aliphatic rings. The van der Waals surface area contributed by atoms with Crippen molar-refractivity contribution in [3.8, 4) is 0 Å². The summed E-state index contributed by atoms with van der Waals surface area (Å²) < 4.78 is 25.5. The van der Waals surface area contributed by atoms with Gasteiger partial charge in [-0.25, -0.2) is 19.2 Å². The standard InChI is InChI=1S/C28H32O9.V/c1-33-17-19-3-5-20(6-4-19)18-37-28(32)24-13-11-23(12-14-24)27(31)36-16-15-35-26(30)22-9-7-21(8-10-22)25(29)34-2;/h7-14,19-20H,3-6,15-18H2,1-2H3;. The Kier molecular flexibility index (Phi) is 13.1. The Hall–Kier alpha value is -3.14. The minimum Gasteiger partial charge on any atom is -0.465 e. The first-order chi connectivity index (χ1) is 17.9. The van der Waals surface area contributed by atoms with Crippen molar-refractivity contribution in [1.82, 2.24) is 0 Å². The van der Waals surface area contributed by atoms with E-state index in [4.69, 9.17) is 18.9 Å². The number of carbonyl (C=O) groups excluding carboxylic acids is 4. The van der Waals surface area contributed by atoms with E-state index in [0.29, 0.717) is 29.6 Å². The van der Waals surface area contributed by atoms with Crippen LogP contribution in [0.15, 0.2) is 48.5 Å². The number of hydrogen-bond donors (Lipinski definition) is 0. The van der Waals surface area contributed by atoms with Crippen molar-refractivity contribution < 1.29 is 61.4 Å². The maximum atomic E-state index is 12.4. The van der Waals surface area contributed by atoms with Gasteiger partial charge in [-0.2, -0.15) is 0 Å². The van der Waals surface area contributed by atoms with E-state index in [1.165, 1.54) is 55.6 Å². The first-order valence-corrected chi connectivity index (χ1v) is 12.2. The molecule has 10 heteroatoms. The van der Waals surface area contributed by atoms with Gasteiger partial charge in [0.15, 0.2) is 0 Å². The van der Waals surface area contributed by atoms with Crippen molar-refractivity contribution in [2.24, 2.45) is 11.8 Å². The summed E-state index contributed by atoms with van der Waals surface area (Å²) in [5.74, 6) is -1.20. The third-order valence-electron chi connectivity index (χ3n) is 6.27. The molecule has 9 nitrogen and oxygen atoms in total. The third-order valence-corrected chi connectivity index (χ3v) is 6.27. The number of benzene rings is 2. The molecule has 1 fully saturated rings. The zero-order valence-corrected chi connectivity index (χ0v) is 22.9. The average Bonchev–Trinajstić information content (AvgIpc) is 2.94. The molecule has 0 aromatic heterocycles. The van der Waals surface area contributed by atoms with Crippen molar-refractivity contribution in [3.63, 3.8) is 0 Å². The Morgan fingerprint density at radius 1 is 0.579 bits per heavy atom. The maximum Gasteiger partial charge on any atom is 0.338 e. The summed E-state index contributed by atoms with van der Waals surface area (Å²) in [7, 11) is 2.99. The smallest absolute Gasteiger partial charge is 0.338 e. The predicted molar refractivity (Wildman–Crippen MR) is 132 cm³/mol. The van der Waals surface area contributed by atoms with E-state index < -0.39 is 23.9 Å². The van der Waals surface area contributed by atoms with Crippen molar-refractivity contribution in [2.45, 2.75) is 25.7 Å². The van der Waals surface area contributed by atoms with E-state index in [-0.39, 0.29) is 42.9 Å². The van der Waals surface area contributed by atoms with E-state index in [1.54, 1.807) is 7.11 Å². The number of hydrogen-bond acceptors (Lipinski definition) is 9. The second-order valence-corrected chi connectivity index (χ2v) is 8.86. The van der Waals surface area contributed by atoms with Crippen molar-refractivity contribution in [2.75, 3.05) is 40.6 Å². The summed E-state index contributed by atoms with van der Waals surface area (Å²) in [5.41, 5.74) is 1.18. The Morgan fingerprint density at radius 3 is 1.29 bits per heavy atom. The quantitative estimate of drug-likeness (QED) is 0.227. The van der Waals surface area contributed by atoms with E-state index >= 15 is 0 Å². The molecule has 0 bridgehead atoms. The van der Waals surface area contributed by atoms with Crippen LogP contribution < -0.4 is 0 Å². The van der Waals surface area contributed by atoms with Gasteiger partial charge in [0.2, 0.25) is 0 Å². The summed E-state index contributed by atoms with van der Waals surface area (Å²) in [4.78, 5) is 48.1. The van der Waals surface area contributed by atoms with Crippen LogP contribution in [-0.4, -0.2) is 64.5 Å². The first kappa shape index (κ1) is 31.1. The molecule has 0 aliphatic heterocycles. The molecule has 0 saturated heterocycles. The van der Waals surface area contributed by atoms with Gasteiger partial charge < -0.3 is 23.7 Å². The monoisotopic (exact) mass is 563 g/mol. The first-order valence-electron chi connectivity index (χ1n) is 12.2. The molecule has 2 aromatic rings. The number of rotatable bonds is 11. The van der Waals surface area contributed by atoms with Crippen LogP contribution in [-0.2, 0) is 42.2 Å². The summed E-state index contributed by atoms with van der Waals surface area (Å²) in [6.45, 7) is 0.888. The molecule has 1 radical (unpaired) electrons. The molecule has 0 N–H and O–H groups in total. The maximum absolute atomic E-state index is 12.4. The van der Waals surface area contributed by atoms with Crippen LogP contribution >= 0.6 is 0 Å². The summed E-state index contributed by atoms with van der Waals surface area (Å²) >= 11 is 0. The molecule has 1 aliphatic carbocycles. The minimum atomic E-state index is -0.613. The fraction of sp³-hybridized carbons (Fsp3) is 0.429. The summed E-state index contributed by atoms with van der Waals surface area (Å²) in [5, 5.41) is 0. The fourth-order valence-electron chi connectivity index (χ4n) is 4.12. The van der Waals surface area contributed by atoms with E-state index in [0.717, 1.165) is 32.3 Å². The molecular formula is C28H32O9V. The Morgan fingerprint density at radius 2 is 0.921 bits per heavy atom. The van der Waals surface area contributed by atoms with Crippen LogP contribution in [0.25, 0.3) is 0 Å². The average molecular weight is 563 g/mol. The fourth-order valence-corrected chi connectivity index (χ4v) is 4.12. The van der Waals surface area contributed by atoms with Crippen LogP contribution in [0.2, 0.25) is 0 Å². The number of esters is 4. The molecule has 2 aromatic carbocycles. The van der Waals surface area contributed by atoms with Crippen LogP contribution in [0.4, 0.5) is 0 Å². The van der Waals surface area contributed by atoms with Gasteiger partial charge in [-0.1, -0.05) is 0 Å². The molecular weight excluding hydrogens is 531 g/mol. The molecule has 3 rings (SSSR count). The van der Waals surface area contributed by atoms with Gasteiger partial charge in [-0.15, -0.1) is 0 Å². The van der Waals surface area contributed by atoms with Crippen molar-refractivity contribution in [1.29, 1.82) is 0 Å². The minimum absolute atomic E-state index is 0. The number of methoxy groups -OCH3 is 2. The zero-order chi connectivity index (χ0) is 26.6. The van der Waals surface area contributed by atoms with E-state index in [2.05, 4.69) is 4.74 Å². The number of ether oxygens (including phenoxy) is 5. The van der Waals surface area contributed by atoms with E-state index in [9.17, 15) is 19.2 Å². The Labute approximate surface area is 234 Å². The topological polar surface area (TPSA) is 114 Å². The van der Waals surface area contributed by atoms with Crippen molar-refractivity contribution in [3.05, 3.63) is 70.8 Å². The zero-order valence-electron chi connectivity index (χ0n) is 21.6. The molecule has 38 heavy (non-hydrogen) atoms. The van der Waals surface area contributed by atoms with Gasteiger partial charge in [0, 0.05) is 32.3 Å². The van der Waals surface area contributed by atoms with Gasteiger partial charge in [-0.3, -0.25) is 0 Å². The molecule has 203 valence electrons. The molecule has 0 unspecified atom stereocenters. The van der Waals surface area contributed by atoms with Gasteiger partial charge >= 0.3 is 23.9 Å². The SMILES string of the molecule is COCC1CCC(COC(=O)c2ccc(C(=O)OCCOC(=O)c3ccc(C(=O)OC)cc3)cc2)CC1.[V]. The second-order valence-electron chi connectivity index (χ2n) is 8.86. The summed E-state index contributed by atoms with van der Waals surface area (Å²) in [6, 6.07) is 11.8. The molecule has 1 saturated carbocycles. The van der Waals surface area contributed by atoms with Crippen LogP contribution in [0.5, 0.6) is 0 Å². The predicted octanol–water partition coefficient (Wildman–Crippen LogP) is 4.09. The third kappa shape index (κ3) is 9.31. The van der Waals surface area contributed by atoms with E-state index in [1.807, 2.05) is 0 Å². The second kappa shape index (κ2) is 16.0. The van der Waals surface area contributed by atoms with Gasteiger partial charge in [-0.05, 0) is 86.1 Å². The number of carbonyl (C=O) groups is 4. The van der Waals surface area contributed by atoms with Gasteiger partial charge in [0.05, 0.1) is 36.0 Å². The van der Waals surface area contributed by atoms with Gasteiger partial charge in [0.25, 0.3) is 0 Å². The Bertz CT molecular complexity index is 1060. The molecule has 0 amide bonds. The molecule has 0 heterocycles. The summed E-state index contributed by atoms with van der Waals surface area (Å²) in [6.07, 6.45) is 4.19. The van der Waals surface area contributed by atoms with Crippen LogP contribution in [0.1, 0.15) is 67.1 Å². The largest absolute Gasteiger partial charge is 0.465 e. The van der Waals surface area contributed by atoms with Gasteiger partial charge in [0.1, 0.15) is 13.2 Å². The molecule has 0 atom stereocenters.